The van der Waals surface area contributed by atoms with Crippen molar-refractivity contribution in [2.75, 3.05) is 19.3 Å². The Morgan fingerprint density at radius 1 is 0.957 bits per heavy atom. The summed E-state index contributed by atoms with van der Waals surface area (Å²) in [5.41, 5.74) is 3.82. The molecule has 0 bridgehead atoms. The second kappa shape index (κ2) is 13.0. The maximum absolute atomic E-state index is 14.3. The van der Waals surface area contributed by atoms with Crippen LogP contribution in [-0.2, 0) is 29.2 Å². The van der Waals surface area contributed by atoms with Crippen molar-refractivity contribution in [3.63, 3.8) is 0 Å². The van der Waals surface area contributed by atoms with Crippen LogP contribution in [0, 0.1) is 34.0 Å². The standard InChI is InChI=1S/C32H56N6O7S/c1-17(2)38(46(11,44)45)16-20(30(3,4)5)34-29(43)36-25(31(6,7)8)28(42)37-15-19-21(32(19,9)10)23(37)27(41)35-22(18-13-12-14-18)24(39)26(33)40/h17-23,25H,12-16H2,1-11H3,(H2,33,40)(H,35,41)(H2,34,36,43)/t19-,20+,21-,22?,23-,25+/m0/s1. The minimum atomic E-state index is -3.56. The number of hydrogen-bond acceptors (Lipinski definition) is 7. The summed E-state index contributed by atoms with van der Waals surface area (Å²) in [7, 11) is -3.56. The van der Waals surface area contributed by atoms with Crippen LogP contribution in [0.3, 0.4) is 0 Å². The van der Waals surface area contributed by atoms with Crippen LogP contribution in [0.2, 0.25) is 0 Å². The van der Waals surface area contributed by atoms with Gasteiger partial charge >= 0.3 is 6.03 Å². The number of Topliss-reactive ketones (excluding diaryl/α,β-unsaturated/α-hetero) is 1. The monoisotopic (exact) mass is 668 g/mol. The van der Waals surface area contributed by atoms with Gasteiger partial charge in [-0.15, -0.1) is 0 Å². The Hall–Kier alpha value is -2.74. The smallest absolute Gasteiger partial charge is 0.315 e. The van der Waals surface area contributed by atoms with Gasteiger partial charge in [-0.05, 0) is 60.7 Å². The van der Waals surface area contributed by atoms with Crippen LogP contribution in [0.25, 0.3) is 0 Å². The Morgan fingerprint density at radius 3 is 1.93 bits per heavy atom. The first kappa shape index (κ1) is 37.7. The molecule has 1 aliphatic heterocycles. The molecule has 1 saturated heterocycles. The van der Waals surface area contributed by atoms with Crippen molar-refractivity contribution in [3.8, 4) is 0 Å². The Kier molecular flexibility index (Phi) is 10.7. The number of likely N-dealkylation sites (tertiary alicyclic amines) is 1. The molecule has 1 heterocycles. The zero-order valence-corrected chi connectivity index (χ0v) is 30.2. The zero-order chi connectivity index (χ0) is 35.3. The van der Waals surface area contributed by atoms with Gasteiger partial charge in [-0.3, -0.25) is 19.2 Å². The number of nitrogens with zero attached hydrogens (tertiary/aromatic N) is 2. The van der Waals surface area contributed by atoms with Gasteiger partial charge < -0.3 is 26.6 Å². The van der Waals surface area contributed by atoms with Gasteiger partial charge in [0.05, 0.1) is 6.26 Å². The molecule has 6 atom stereocenters. The molecule has 46 heavy (non-hydrogen) atoms. The van der Waals surface area contributed by atoms with E-state index in [1.54, 1.807) is 13.8 Å². The summed E-state index contributed by atoms with van der Waals surface area (Å²) in [5.74, 6) is -3.16. The van der Waals surface area contributed by atoms with E-state index in [0.717, 1.165) is 12.7 Å². The summed E-state index contributed by atoms with van der Waals surface area (Å²) in [4.78, 5) is 67.7. The van der Waals surface area contributed by atoms with Gasteiger partial charge in [-0.25, -0.2) is 13.2 Å². The van der Waals surface area contributed by atoms with Crippen molar-refractivity contribution >= 4 is 39.6 Å². The van der Waals surface area contributed by atoms with Crippen molar-refractivity contribution in [3.05, 3.63) is 0 Å². The third-order valence-electron chi connectivity index (χ3n) is 10.3. The molecular weight excluding hydrogens is 612 g/mol. The molecule has 262 valence electrons. The van der Waals surface area contributed by atoms with E-state index in [-0.39, 0.29) is 35.8 Å². The first-order valence-electron chi connectivity index (χ1n) is 16.3. The lowest BCUT2D eigenvalue weighted by Gasteiger charge is -2.40. The third kappa shape index (κ3) is 8.03. The molecule has 13 nitrogen and oxygen atoms in total. The maximum Gasteiger partial charge on any atom is 0.315 e. The third-order valence-corrected chi connectivity index (χ3v) is 11.7. The SMILES string of the molecule is CC(C)N(C[C@@H](NC(=O)N[C@H](C(=O)N1C[C@H]2[C@@H]([C@H]1C(=O)NC(C(=O)C(N)=O)C1CCC1)C2(C)C)C(C)(C)C)C(C)(C)C)S(C)(=O)=O. The first-order chi connectivity index (χ1) is 20.8. The number of carbonyl (C=O) groups is 5. The van der Waals surface area contributed by atoms with E-state index in [9.17, 15) is 32.4 Å². The molecule has 5 amide bonds. The summed E-state index contributed by atoms with van der Waals surface area (Å²) in [5, 5.41) is 8.54. The minimum Gasteiger partial charge on any atom is -0.363 e. The average Bonchev–Trinajstić information content (AvgIpc) is 3.18. The Bertz CT molecular complexity index is 1330. The predicted octanol–water partition coefficient (Wildman–Crippen LogP) is 1.61. The highest BCUT2D eigenvalue weighted by Gasteiger charge is 2.70. The van der Waals surface area contributed by atoms with Crippen LogP contribution >= 0.6 is 0 Å². The topological polar surface area (TPSA) is 188 Å². The number of primary amides is 1. The van der Waals surface area contributed by atoms with E-state index in [1.165, 1.54) is 9.21 Å². The lowest BCUT2D eigenvalue weighted by Crippen LogP contribution is -2.63. The van der Waals surface area contributed by atoms with Crippen LogP contribution in [0.1, 0.15) is 88.5 Å². The average molecular weight is 669 g/mol. The van der Waals surface area contributed by atoms with Gasteiger partial charge in [0.15, 0.2) is 0 Å². The fraction of sp³-hybridized carbons (Fsp3) is 0.844. The molecule has 3 aliphatic rings. The summed E-state index contributed by atoms with van der Waals surface area (Å²) >= 11 is 0. The largest absolute Gasteiger partial charge is 0.363 e. The summed E-state index contributed by atoms with van der Waals surface area (Å²) in [6.45, 7) is 19.1. The Balaban J connectivity index is 1.85. The van der Waals surface area contributed by atoms with Crippen LogP contribution in [-0.4, -0.2) is 96.7 Å². The Morgan fingerprint density at radius 2 is 1.52 bits per heavy atom. The number of nitrogens with two attached hydrogens (primary N) is 1. The van der Waals surface area contributed by atoms with Crippen LogP contribution in [0.5, 0.6) is 0 Å². The van der Waals surface area contributed by atoms with E-state index < -0.39 is 74.6 Å². The second-order valence-electron chi connectivity index (χ2n) is 16.6. The molecule has 2 saturated carbocycles. The van der Waals surface area contributed by atoms with E-state index >= 15 is 0 Å². The van der Waals surface area contributed by atoms with E-state index in [2.05, 4.69) is 16.0 Å². The van der Waals surface area contributed by atoms with E-state index in [4.69, 9.17) is 5.73 Å². The number of piperidine rings is 1. The summed E-state index contributed by atoms with van der Waals surface area (Å²) in [6.07, 6.45) is 3.40. The minimum absolute atomic E-state index is 0.0422. The highest BCUT2D eigenvalue weighted by atomic mass is 32.2. The Labute approximate surface area is 274 Å². The quantitative estimate of drug-likeness (QED) is 0.227. The molecule has 2 aliphatic carbocycles. The molecule has 0 aromatic rings. The number of hydrogen-bond donors (Lipinski definition) is 4. The van der Waals surface area contributed by atoms with Crippen molar-refractivity contribution in [1.82, 2.24) is 25.2 Å². The van der Waals surface area contributed by atoms with Gasteiger partial charge in [0, 0.05) is 25.2 Å². The summed E-state index contributed by atoms with van der Waals surface area (Å²) < 4.78 is 26.3. The molecule has 0 spiro atoms. The lowest BCUT2D eigenvalue weighted by molar-refractivity contribution is -0.145. The number of sulfonamides is 1. The molecule has 1 unspecified atom stereocenters. The van der Waals surface area contributed by atoms with Crippen LogP contribution < -0.4 is 21.7 Å². The zero-order valence-electron chi connectivity index (χ0n) is 29.4. The highest BCUT2D eigenvalue weighted by Crippen LogP contribution is 2.65. The number of urea groups is 1. The van der Waals surface area contributed by atoms with Gasteiger partial charge in [0.1, 0.15) is 18.1 Å². The summed E-state index contributed by atoms with van der Waals surface area (Å²) in [6, 6.07) is -4.51. The normalized spacial score (nSPS) is 24.8. The van der Waals surface area contributed by atoms with E-state index in [0.29, 0.717) is 19.4 Å². The fourth-order valence-electron chi connectivity index (χ4n) is 6.97. The van der Waals surface area contributed by atoms with Crippen molar-refractivity contribution < 1.29 is 32.4 Å². The molecule has 0 aromatic carbocycles. The highest BCUT2D eigenvalue weighted by molar-refractivity contribution is 7.88. The first-order valence-corrected chi connectivity index (χ1v) is 18.1. The number of fused-ring (bicyclic) bond motifs is 1. The second-order valence-corrected chi connectivity index (χ2v) is 18.5. The molecular formula is C32H56N6O7S. The molecule has 0 aromatic heterocycles. The van der Waals surface area contributed by atoms with Gasteiger partial charge in [-0.1, -0.05) is 61.8 Å². The van der Waals surface area contributed by atoms with Gasteiger partial charge in [0.25, 0.3) is 5.91 Å². The van der Waals surface area contributed by atoms with Crippen molar-refractivity contribution in [1.29, 1.82) is 0 Å². The van der Waals surface area contributed by atoms with Crippen LogP contribution in [0.15, 0.2) is 0 Å². The number of nitrogens with one attached hydrogen (secondary N) is 3. The van der Waals surface area contributed by atoms with Gasteiger partial charge in [-0.2, -0.15) is 4.31 Å². The number of ketones is 1. The van der Waals surface area contributed by atoms with E-state index in [1.807, 2.05) is 55.4 Å². The number of carbonyl (C=O) groups excluding carboxylic acids is 5. The van der Waals surface area contributed by atoms with Crippen molar-refractivity contribution in [2.45, 2.75) is 119 Å². The lowest BCUT2D eigenvalue weighted by atomic mass is 9.78. The molecule has 3 rings (SSSR count). The predicted molar refractivity (Wildman–Crippen MR) is 175 cm³/mol. The molecule has 5 N–H and O–H groups in total. The fourth-order valence-corrected chi connectivity index (χ4v) is 8.15. The van der Waals surface area contributed by atoms with Crippen LogP contribution in [0.4, 0.5) is 4.79 Å². The van der Waals surface area contributed by atoms with Gasteiger partial charge in [0.2, 0.25) is 27.6 Å². The van der Waals surface area contributed by atoms with Crippen molar-refractivity contribution in [2.24, 2.45) is 39.7 Å². The number of amides is 5. The number of rotatable bonds is 12. The molecule has 0 radical (unpaired) electrons. The molecule has 3 fully saturated rings. The molecule has 14 heteroatoms. The maximum atomic E-state index is 14.3.